The highest BCUT2D eigenvalue weighted by atomic mass is 32.1. The summed E-state index contributed by atoms with van der Waals surface area (Å²) in [5.74, 6) is -3.91. The zero-order valence-corrected chi connectivity index (χ0v) is 11.3. The van der Waals surface area contributed by atoms with Gasteiger partial charge in [-0.15, -0.1) is 11.3 Å². The summed E-state index contributed by atoms with van der Waals surface area (Å²) in [5, 5.41) is 20.1. The molecule has 1 aromatic heterocycles. The number of hydrogen-bond donors (Lipinski definition) is 3. The number of rotatable bonds is 5. The van der Waals surface area contributed by atoms with Gasteiger partial charge in [0.1, 0.15) is 11.9 Å². The van der Waals surface area contributed by atoms with Crippen molar-refractivity contribution in [3.63, 3.8) is 0 Å². The van der Waals surface area contributed by atoms with Gasteiger partial charge in [0.2, 0.25) is 0 Å². The Kier molecular flexibility index (Phi) is 4.18. The van der Waals surface area contributed by atoms with Crippen LogP contribution < -0.4 is 5.32 Å². The van der Waals surface area contributed by atoms with Crippen molar-refractivity contribution in [3.05, 3.63) is 35.0 Å². The fraction of sp³-hybridized carbons (Fsp3) is 0.154. The molecule has 0 saturated carbocycles. The van der Waals surface area contributed by atoms with Crippen LogP contribution in [0.4, 0.5) is 4.39 Å². The molecular weight excluding hydrogens is 301 g/mol. The number of carbonyl (C=O) groups excluding carboxylic acids is 1. The summed E-state index contributed by atoms with van der Waals surface area (Å²) < 4.78 is 13.7. The van der Waals surface area contributed by atoms with Crippen molar-refractivity contribution in [2.75, 3.05) is 0 Å². The lowest BCUT2D eigenvalue weighted by atomic mass is 10.2. The molecule has 0 saturated heterocycles. The molecule has 1 aromatic carbocycles. The Morgan fingerprint density at radius 3 is 2.57 bits per heavy atom. The van der Waals surface area contributed by atoms with E-state index in [4.69, 9.17) is 10.2 Å². The van der Waals surface area contributed by atoms with Gasteiger partial charge in [-0.25, -0.2) is 9.18 Å². The molecule has 3 N–H and O–H groups in total. The van der Waals surface area contributed by atoms with Crippen LogP contribution in [0.15, 0.2) is 24.3 Å². The smallest absolute Gasteiger partial charge is 0.326 e. The highest BCUT2D eigenvalue weighted by Gasteiger charge is 2.24. The van der Waals surface area contributed by atoms with Gasteiger partial charge in [-0.1, -0.05) is 0 Å². The Balaban J connectivity index is 2.20. The van der Waals surface area contributed by atoms with Crippen LogP contribution in [0.2, 0.25) is 0 Å². The molecule has 0 radical (unpaired) electrons. The summed E-state index contributed by atoms with van der Waals surface area (Å²) in [6.45, 7) is 0. The van der Waals surface area contributed by atoms with Gasteiger partial charge in [0.05, 0.1) is 11.3 Å². The Morgan fingerprint density at radius 2 is 1.95 bits per heavy atom. The van der Waals surface area contributed by atoms with Gasteiger partial charge in [0.25, 0.3) is 5.91 Å². The molecular formula is C13H10FNO5S. The Morgan fingerprint density at radius 1 is 1.24 bits per heavy atom. The minimum absolute atomic E-state index is 0.187. The van der Waals surface area contributed by atoms with E-state index in [-0.39, 0.29) is 4.88 Å². The fourth-order valence-corrected chi connectivity index (χ4v) is 2.68. The van der Waals surface area contributed by atoms with E-state index in [9.17, 15) is 18.8 Å². The first-order valence-corrected chi connectivity index (χ1v) is 6.63. The fourth-order valence-electron chi connectivity index (χ4n) is 1.73. The van der Waals surface area contributed by atoms with Crippen molar-refractivity contribution in [2.24, 2.45) is 0 Å². The number of benzene rings is 1. The van der Waals surface area contributed by atoms with Gasteiger partial charge in [-0.2, -0.15) is 0 Å². The predicted molar refractivity (Wildman–Crippen MR) is 72.9 cm³/mol. The molecule has 0 aliphatic heterocycles. The summed E-state index contributed by atoms with van der Waals surface area (Å²) >= 11 is 1.07. The van der Waals surface area contributed by atoms with E-state index in [0.717, 1.165) is 11.3 Å². The van der Waals surface area contributed by atoms with Crippen LogP contribution >= 0.6 is 11.3 Å². The molecule has 6 nitrogen and oxygen atoms in total. The molecule has 8 heteroatoms. The van der Waals surface area contributed by atoms with Crippen LogP contribution in [-0.2, 0) is 9.59 Å². The lowest BCUT2D eigenvalue weighted by molar-refractivity contribution is -0.145. The van der Waals surface area contributed by atoms with Crippen LogP contribution in [0.1, 0.15) is 16.1 Å². The van der Waals surface area contributed by atoms with Crippen molar-refractivity contribution in [3.8, 4) is 0 Å². The lowest BCUT2D eigenvalue weighted by Crippen LogP contribution is -2.41. The van der Waals surface area contributed by atoms with Gasteiger partial charge < -0.3 is 15.5 Å². The van der Waals surface area contributed by atoms with Gasteiger partial charge in [-0.05, 0) is 29.7 Å². The second kappa shape index (κ2) is 5.88. The van der Waals surface area contributed by atoms with E-state index >= 15 is 0 Å². The number of carboxylic acid groups (broad SMARTS) is 2. The maximum atomic E-state index is 13.1. The lowest BCUT2D eigenvalue weighted by Gasteiger charge is -2.11. The van der Waals surface area contributed by atoms with Crippen molar-refractivity contribution >= 4 is 39.3 Å². The molecule has 0 aliphatic carbocycles. The molecule has 0 bridgehead atoms. The van der Waals surface area contributed by atoms with Crippen LogP contribution in [0.3, 0.4) is 0 Å². The number of halogens is 1. The van der Waals surface area contributed by atoms with E-state index in [1.54, 1.807) is 0 Å². The third kappa shape index (κ3) is 3.54. The molecule has 2 rings (SSSR count). The van der Waals surface area contributed by atoms with Crippen LogP contribution in [0.5, 0.6) is 0 Å². The minimum atomic E-state index is -1.52. The zero-order chi connectivity index (χ0) is 15.6. The van der Waals surface area contributed by atoms with E-state index in [1.807, 2.05) is 0 Å². The number of amides is 1. The van der Waals surface area contributed by atoms with E-state index in [2.05, 4.69) is 5.32 Å². The molecule has 1 heterocycles. The zero-order valence-electron chi connectivity index (χ0n) is 10.5. The van der Waals surface area contributed by atoms with E-state index in [1.165, 1.54) is 24.3 Å². The second-order valence-electron chi connectivity index (χ2n) is 4.25. The van der Waals surface area contributed by atoms with Gasteiger partial charge in [-0.3, -0.25) is 9.59 Å². The number of nitrogens with one attached hydrogen (secondary N) is 1. The molecule has 2 aromatic rings. The van der Waals surface area contributed by atoms with Crippen molar-refractivity contribution < 1.29 is 29.0 Å². The average Bonchev–Trinajstić information content (AvgIpc) is 2.80. The van der Waals surface area contributed by atoms with E-state index < -0.39 is 36.1 Å². The molecule has 1 amide bonds. The third-order valence-electron chi connectivity index (χ3n) is 2.68. The normalized spacial score (nSPS) is 12.0. The standard InChI is InChI=1S/C13H10FNO5S/c14-7-1-2-9-6(3-7)4-10(21-9)12(18)15-8(13(19)20)5-11(16)17/h1-4,8H,5H2,(H,15,18)(H,16,17)(H,19,20). The Bertz CT molecular complexity index is 726. The summed E-state index contributed by atoms with van der Waals surface area (Å²) in [4.78, 5) is 33.6. The SMILES string of the molecule is O=C(O)CC(NC(=O)c1cc2cc(F)ccc2s1)C(=O)O. The number of thiophene rings is 1. The van der Waals surface area contributed by atoms with Crippen molar-refractivity contribution in [1.29, 1.82) is 0 Å². The highest BCUT2D eigenvalue weighted by Crippen LogP contribution is 2.26. The Labute approximate surface area is 121 Å². The van der Waals surface area contributed by atoms with Crippen LogP contribution in [0.25, 0.3) is 10.1 Å². The summed E-state index contributed by atoms with van der Waals surface area (Å²) in [6, 6.07) is 3.94. The monoisotopic (exact) mass is 311 g/mol. The summed E-state index contributed by atoms with van der Waals surface area (Å²) in [6.07, 6.45) is -0.722. The molecule has 0 spiro atoms. The van der Waals surface area contributed by atoms with Crippen molar-refractivity contribution in [1.82, 2.24) is 5.32 Å². The number of hydrogen-bond acceptors (Lipinski definition) is 4. The molecule has 110 valence electrons. The van der Waals surface area contributed by atoms with Crippen LogP contribution in [0, 0.1) is 5.82 Å². The van der Waals surface area contributed by atoms with Gasteiger partial charge in [0.15, 0.2) is 0 Å². The first-order valence-electron chi connectivity index (χ1n) is 5.81. The third-order valence-corrected chi connectivity index (χ3v) is 3.80. The van der Waals surface area contributed by atoms with E-state index in [0.29, 0.717) is 10.1 Å². The van der Waals surface area contributed by atoms with Gasteiger partial charge in [0, 0.05) is 4.70 Å². The molecule has 1 unspecified atom stereocenters. The largest absolute Gasteiger partial charge is 0.481 e. The highest BCUT2D eigenvalue weighted by molar-refractivity contribution is 7.20. The molecule has 21 heavy (non-hydrogen) atoms. The quantitative estimate of drug-likeness (QED) is 0.779. The topological polar surface area (TPSA) is 104 Å². The molecule has 0 fully saturated rings. The molecule has 0 aliphatic rings. The Hall–Kier alpha value is -2.48. The maximum absolute atomic E-state index is 13.1. The molecule has 1 atom stereocenters. The van der Waals surface area contributed by atoms with Gasteiger partial charge >= 0.3 is 11.9 Å². The second-order valence-corrected chi connectivity index (χ2v) is 5.34. The maximum Gasteiger partial charge on any atom is 0.326 e. The first kappa shape index (κ1) is 14.9. The minimum Gasteiger partial charge on any atom is -0.481 e. The first-order chi connectivity index (χ1) is 9.86. The summed E-state index contributed by atoms with van der Waals surface area (Å²) in [7, 11) is 0. The summed E-state index contributed by atoms with van der Waals surface area (Å²) in [5.41, 5.74) is 0. The number of aliphatic carboxylic acids is 2. The van der Waals surface area contributed by atoms with Crippen LogP contribution in [-0.4, -0.2) is 34.1 Å². The predicted octanol–water partition coefficient (Wildman–Crippen LogP) is 1.70. The number of fused-ring (bicyclic) bond motifs is 1. The number of carboxylic acids is 2. The average molecular weight is 311 g/mol. The van der Waals surface area contributed by atoms with Crippen molar-refractivity contribution in [2.45, 2.75) is 12.5 Å². The number of carbonyl (C=O) groups is 3.